The minimum Gasteiger partial charge on any atom is -0.255 e. The molecular weight excluding hydrogens is 367 g/mol. The van der Waals surface area contributed by atoms with E-state index in [0.717, 1.165) is 22.8 Å². The number of aromatic nitrogens is 3. The van der Waals surface area contributed by atoms with E-state index in [9.17, 15) is 25.2 Å². The van der Waals surface area contributed by atoms with Crippen molar-refractivity contribution in [3.8, 4) is 22.8 Å². The molecule has 3 aromatic heterocycles. The zero-order chi connectivity index (χ0) is 18.6. The van der Waals surface area contributed by atoms with E-state index < -0.39 is 7.81 Å². The molecule has 0 bridgehead atoms. The van der Waals surface area contributed by atoms with Gasteiger partial charge in [-0.25, -0.2) is 9.97 Å². The van der Waals surface area contributed by atoms with Gasteiger partial charge in [0.25, 0.3) is 0 Å². The van der Waals surface area contributed by atoms with Crippen LogP contribution in [0.4, 0.5) is 25.2 Å². The number of hydrogen-bond acceptors (Lipinski definition) is 2. The van der Waals surface area contributed by atoms with Gasteiger partial charge in [0.1, 0.15) is 5.69 Å². The van der Waals surface area contributed by atoms with Crippen molar-refractivity contribution in [2.24, 2.45) is 0 Å². The van der Waals surface area contributed by atoms with Gasteiger partial charge in [-0.1, -0.05) is 12.1 Å². The molecule has 0 amide bonds. The second-order valence-electron chi connectivity index (χ2n) is 4.86. The molecule has 3 aromatic rings. The van der Waals surface area contributed by atoms with Gasteiger partial charge in [-0.05, 0) is 30.3 Å². The Morgan fingerprint density at radius 2 is 1.28 bits per heavy atom. The van der Waals surface area contributed by atoms with E-state index in [1.807, 2.05) is 60.8 Å². The van der Waals surface area contributed by atoms with Crippen LogP contribution >= 0.6 is 7.81 Å². The van der Waals surface area contributed by atoms with Gasteiger partial charge >= 0.3 is 33.0 Å². The summed E-state index contributed by atoms with van der Waals surface area (Å²) < 4.78 is 59.2. The summed E-state index contributed by atoms with van der Waals surface area (Å²) in [4.78, 5) is 12.1. The first kappa shape index (κ1) is 18.8. The van der Waals surface area contributed by atoms with E-state index in [0.29, 0.717) is 0 Å². The van der Waals surface area contributed by atoms with Gasteiger partial charge in [0.05, 0.1) is 11.4 Å². The van der Waals surface area contributed by atoms with Crippen molar-refractivity contribution in [3.05, 3.63) is 67.0 Å². The van der Waals surface area contributed by atoms with Crippen LogP contribution in [-0.2, 0) is 0 Å². The summed E-state index contributed by atoms with van der Waals surface area (Å²) in [6.07, 6.45) is 3.67. The van der Waals surface area contributed by atoms with Crippen LogP contribution in [0.1, 0.15) is 0 Å². The van der Waals surface area contributed by atoms with E-state index in [1.54, 1.807) is 6.20 Å². The normalized spacial score (nSPS) is 13.8. The Bertz CT molecular complexity index is 773. The van der Waals surface area contributed by atoms with Crippen LogP contribution in [0.15, 0.2) is 67.0 Å². The van der Waals surface area contributed by atoms with E-state index in [-0.39, 0.29) is 0 Å². The first-order valence-corrected chi connectivity index (χ1v) is 8.83. The Hall–Kier alpha value is -2.54. The second kappa shape index (κ2) is 6.07. The number of pyridine rings is 3. The van der Waals surface area contributed by atoms with Crippen molar-refractivity contribution >= 4 is 7.81 Å². The molecule has 3 heterocycles. The van der Waals surface area contributed by atoms with E-state index in [4.69, 9.17) is 0 Å². The molecule has 10 heteroatoms. The molecule has 0 aliphatic rings. The van der Waals surface area contributed by atoms with Gasteiger partial charge in [-0.15, -0.1) is 0 Å². The van der Waals surface area contributed by atoms with Crippen molar-refractivity contribution in [1.29, 1.82) is 0 Å². The zero-order valence-electron chi connectivity index (χ0n) is 12.5. The summed E-state index contributed by atoms with van der Waals surface area (Å²) in [5.74, 6) is 0. The predicted octanol–water partition coefficient (Wildman–Crippen LogP) is 6.01. The molecule has 3 nitrogen and oxygen atoms in total. The second-order valence-corrected chi connectivity index (χ2v) is 6.77. The van der Waals surface area contributed by atoms with Crippen LogP contribution in [0, 0.1) is 0 Å². The van der Waals surface area contributed by atoms with Crippen LogP contribution in [0.5, 0.6) is 0 Å². The summed E-state index contributed by atoms with van der Waals surface area (Å²) in [7, 11) is -10.7. The van der Waals surface area contributed by atoms with Crippen molar-refractivity contribution in [2.45, 2.75) is 0 Å². The maximum atomic E-state index is 9.87. The average molecular weight is 379 g/mol. The third-order valence-electron chi connectivity index (χ3n) is 2.66. The van der Waals surface area contributed by atoms with Gasteiger partial charge in [0.2, 0.25) is 5.69 Å². The SMILES string of the molecule is F[P-](F)(F)(F)(F)F.c1ccc(-c2cccc(-c3cccc[nH+]3)n2)nc1. The van der Waals surface area contributed by atoms with Crippen molar-refractivity contribution < 1.29 is 30.2 Å². The average Bonchev–Trinajstić information content (AvgIpc) is 2.54. The maximum Gasteiger partial charge on any atom is 0.229 e. The minimum atomic E-state index is -10.7. The number of aromatic amines is 1. The summed E-state index contributed by atoms with van der Waals surface area (Å²) in [5, 5.41) is 0. The van der Waals surface area contributed by atoms with Crippen LogP contribution in [-0.4, -0.2) is 9.97 Å². The molecule has 1 N–H and O–H groups in total. The fraction of sp³-hybridized carbons (Fsp3) is 0. The number of hydrogen-bond donors (Lipinski definition) is 0. The third kappa shape index (κ3) is 8.21. The van der Waals surface area contributed by atoms with E-state index in [1.165, 1.54) is 0 Å². The van der Waals surface area contributed by atoms with Crippen LogP contribution in [0.2, 0.25) is 0 Å². The van der Waals surface area contributed by atoms with Crippen LogP contribution in [0.3, 0.4) is 0 Å². The number of nitrogens with one attached hydrogen (secondary N) is 1. The van der Waals surface area contributed by atoms with Gasteiger partial charge in [-0.2, -0.15) is 0 Å². The molecule has 0 spiro atoms. The van der Waals surface area contributed by atoms with Crippen molar-refractivity contribution in [2.75, 3.05) is 0 Å². The number of H-pyrrole nitrogens is 1. The molecule has 0 unspecified atom stereocenters. The van der Waals surface area contributed by atoms with Gasteiger partial charge < -0.3 is 0 Å². The fourth-order valence-electron chi connectivity index (χ4n) is 1.79. The zero-order valence-corrected chi connectivity index (χ0v) is 13.4. The molecular formula is C15H12F6N3P. The molecule has 25 heavy (non-hydrogen) atoms. The summed E-state index contributed by atoms with van der Waals surface area (Å²) in [6, 6.07) is 17.7. The molecule has 0 aromatic carbocycles. The molecule has 3 rings (SSSR count). The molecule has 134 valence electrons. The molecule has 0 aliphatic carbocycles. The minimum absolute atomic E-state index is 0.880. The Morgan fingerprint density at radius 3 is 1.84 bits per heavy atom. The standard InChI is InChI=1S/C15H11N3.F6P/c1-3-10-16-12(6-1)14-8-5-9-15(18-14)13-7-2-4-11-17-13;1-7(2,3,4,5)6/h1-11H;/q;-1/p+1. The fourth-order valence-corrected chi connectivity index (χ4v) is 1.79. The Morgan fingerprint density at radius 1 is 0.680 bits per heavy atom. The van der Waals surface area contributed by atoms with Crippen LogP contribution < -0.4 is 4.98 Å². The monoisotopic (exact) mass is 379 g/mol. The predicted molar refractivity (Wildman–Crippen MR) is 83.0 cm³/mol. The largest absolute Gasteiger partial charge is 0.255 e. The first-order valence-electron chi connectivity index (χ1n) is 6.80. The number of halogens is 6. The van der Waals surface area contributed by atoms with Crippen LogP contribution in [0.25, 0.3) is 22.8 Å². The quantitative estimate of drug-likeness (QED) is 0.404. The maximum absolute atomic E-state index is 10.7. The van der Waals surface area contributed by atoms with Crippen molar-refractivity contribution in [1.82, 2.24) is 9.97 Å². The molecule has 0 aliphatic heterocycles. The Balaban J connectivity index is 0.000000277. The first-order chi connectivity index (χ1) is 11.4. The van der Waals surface area contributed by atoms with Gasteiger partial charge in [0, 0.05) is 18.3 Å². The smallest absolute Gasteiger partial charge is 0.229 e. The van der Waals surface area contributed by atoms with Crippen molar-refractivity contribution in [3.63, 3.8) is 0 Å². The Labute approximate surface area is 138 Å². The summed E-state index contributed by atoms with van der Waals surface area (Å²) in [6.45, 7) is 0. The molecule has 0 radical (unpaired) electrons. The molecule has 0 atom stereocenters. The third-order valence-corrected chi connectivity index (χ3v) is 2.66. The van der Waals surface area contributed by atoms with E-state index >= 15 is 0 Å². The molecule has 0 saturated carbocycles. The molecule has 0 saturated heterocycles. The number of rotatable bonds is 2. The van der Waals surface area contributed by atoms with E-state index in [2.05, 4.69) is 15.0 Å². The van der Waals surface area contributed by atoms with Gasteiger partial charge in [-0.3, -0.25) is 4.98 Å². The summed E-state index contributed by atoms with van der Waals surface area (Å²) in [5.41, 5.74) is 3.68. The topological polar surface area (TPSA) is 39.9 Å². The number of nitrogens with zero attached hydrogens (tertiary/aromatic N) is 2. The van der Waals surface area contributed by atoms with Gasteiger partial charge in [0.15, 0.2) is 6.20 Å². The Kier molecular flexibility index (Phi) is 4.57. The summed E-state index contributed by atoms with van der Waals surface area (Å²) >= 11 is 0. The molecule has 0 fully saturated rings.